The van der Waals surface area contributed by atoms with Gasteiger partial charge in [-0.05, 0) is 55.2 Å². The monoisotopic (exact) mass is 423 g/mol. The Kier molecular flexibility index (Phi) is 6.79. The van der Waals surface area contributed by atoms with E-state index < -0.39 is 5.91 Å². The number of nitrogens with one attached hydrogen (secondary N) is 3. The van der Waals surface area contributed by atoms with E-state index in [1.165, 1.54) is 4.68 Å². The number of hydrogen-bond acceptors (Lipinski definition) is 4. The molecule has 0 atom stereocenters. The van der Waals surface area contributed by atoms with Gasteiger partial charge in [-0.3, -0.25) is 20.4 Å². The quantitative estimate of drug-likeness (QED) is 0.431. The van der Waals surface area contributed by atoms with Crippen molar-refractivity contribution in [3.8, 4) is 0 Å². The van der Waals surface area contributed by atoms with Crippen molar-refractivity contribution in [1.82, 2.24) is 20.6 Å². The third-order valence-electron chi connectivity index (χ3n) is 4.57. The van der Waals surface area contributed by atoms with Crippen LogP contribution in [-0.2, 0) is 6.54 Å². The average molecular weight is 424 g/mol. The number of nitrogens with zero attached hydrogens (tertiary/aromatic N) is 2. The fourth-order valence-electron chi connectivity index (χ4n) is 2.99. The summed E-state index contributed by atoms with van der Waals surface area (Å²) >= 11 is 5.25. The molecule has 0 spiro atoms. The van der Waals surface area contributed by atoms with Crippen molar-refractivity contribution in [2.45, 2.75) is 33.7 Å². The Hall–Kier alpha value is -3.26. The van der Waals surface area contributed by atoms with Gasteiger partial charge in [-0.15, -0.1) is 0 Å². The van der Waals surface area contributed by atoms with E-state index in [0.29, 0.717) is 23.2 Å². The van der Waals surface area contributed by atoms with E-state index in [1.54, 1.807) is 24.3 Å². The van der Waals surface area contributed by atoms with Gasteiger partial charge in [0.25, 0.3) is 11.5 Å². The first-order valence-corrected chi connectivity index (χ1v) is 10.2. The van der Waals surface area contributed by atoms with Gasteiger partial charge in [0.2, 0.25) is 0 Å². The molecule has 0 aliphatic rings. The molecule has 0 fully saturated rings. The number of aromatic nitrogens is 2. The number of fused-ring (bicyclic) bond motifs is 1. The number of carbonyl (C=O) groups is 1. The van der Waals surface area contributed by atoms with Crippen LogP contribution in [0.25, 0.3) is 10.8 Å². The normalized spacial score (nSPS) is 10.8. The smallest absolute Gasteiger partial charge is 0.290 e. The summed E-state index contributed by atoms with van der Waals surface area (Å²) < 4.78 is 1.36. The number of rotatable bonds is 5. The molecule has 0 aliphatic carbocycles. The molecule has 0 saturated heterocycles. The van der Waals surface area contributed by atoms with Crippen molar-refractivity contribution in [2.24, 2.45) is 5.92 Å². The minimum Gasteiger partial charge on any atom is -0.331 e. The number of amides is 1. The Morgan fingerprint density at radius 2 is 1.83 bits per heavy atom. The summed E-state index contributed by atoms with van der Waals surface area (Å²) in [6, 6.07) is 14.7. The molecule has 8 heteroatoms. The standard InChI is InChI=1S/C22H25N5O2S/c1-14(2)11-12-27-21(29)18-10-5-4-9-17(18)19(26-27)20(28)24-25-22(30)23-16-8-6-7-15(3)13-16/h4-10,13-14H,11-12H2,1-3H3,(H,24,28)(H2,23,25,30). The molecule has 1 aromatic heterocycles. The van der Waals surface area contributed by atoms with Crippen LogP contribution in [0.5, 0.6) is 0 Å². The van der Waals surface area contributed by atoms with Crippen LogP contribution in [0, 0.1) is 12.8 Å². The lowest BCUT2D eigenvalue weighted by Crippen LogP contribution is -2.44. The fraction of sp³-hybridized carbons (Fsp3) is 0.273. The molecule has 0 saturated carbocycles. The molecule has 0 aliphatic heterocycles. The largest absolute Gasteiger partial charge is 0.331 e. The molecular weight excluding hydrogens is 398 g/mol. The molecule has 30 heavy (non-hydrogen) atoms. The summed E-state index contributed by atoms with van der Waals surface area (Å²) in [5, 5.41) is 8.55. The third kappa shape index (κ3) is 5.21. The maximum absolute atomic E-state index is 12.8. The van der Waals surface area contributed by atoms with E-state index >= 15 is 0 Å². The molecule has 1 heterocycles. The molecule has 1 amide bonds. The zero-order valence-electron chi connectivity index (χ0n) is 17.2. The SMILES string of the molecule is Cc1cccc(NC(=S)NNC(=O)c2nn(CCC(C)C)c(=O)c3ccccc23)c1. The van der Waals surface area contributed by atoms with Gasteiger partial charge in [0, 0.05) is 17.6 Å². The average Bonchev–Trinajstić information content (AvgIpc) is 2.71. The fourth-order valence-corrected chi connectivity index (χ4v) is 3.16. The first kappa shape index (κ1) is 21.4. The Morgan fingerprint density at radius 1 is 1.10 bits per heavy atom. The van der Waals surface area contributed by atoms with Crippen LogP contribution in [-0.4, -0.2) is 20.8 Å². The molecule has 0 unspecified atom stereocenters. The van der Waals surface area contributed by atoms with E-state index in [-0.39, 0.29) is 16.4 Å². The highest BCUT2D eigenvalue weighted by Gasteiger charge is 2.17. The molecule has 7 nitrogen and oxygen atoms in total. The van der Waals surface area contributed by atoms with Gasteiger partial charge in [0.05, 0.1) is 5.39 Å². The molecule has 3 rings (SSSR count). The summed E-state index contributed by atoms with van der Waals surface area (Å²) in [5.41, 5.74) is 7.12. The summed E-state index contributed by atoms with van der Waals surface area (Å²) in [7, 11) is 0. The molecule has 3 aromatic rings. The second kappa shape index (κ2) is 9.49. The van der Waals surface area contributed by atoms with E-state index in [9.17, 15) is 9.59 Å². The highest BCUT2D eigenvalue weighted by molar-refractivity contribution is 7.80. The van der Waals surface area contributed by atoms with E-state index in [4.69, 9.17) is 12.2 Å². The number of anilines is 1. The van der Waals surface area contributed by atoms with Crippen LogP contribution in [0.1, 0.15) is 36.3 Å². The lowest BCUT2D eigenvalue weighted by Gasteiger charge is -2.14. The zero-order valence-corrected chi connectivity index (χ0v) is 18.0. The van der Waals surface area contributed by atoms with Crippen molar-refractivity contribution in [3.63, 3.8) is 0 Å². The summed E-state index contributed by atoms with van der Waals surface area (Å²) in [5.74, 6) is -0.0629. The van der Waals surface area contributed by atoms with Gasteiger partial charge in [-0.25, -0.2) is 4.68 Å². The first-order chi connectivity index (χ1) is 14.3. The first-order valence-electron chi connectivity index (χ1n) is 9.79. The summed E-state index contributed by atoms with van der Waals surface area (Å²) in [4.78, 5) is 25.6. The van der Waals surface area contributed by atoms with Crippen molar-refractivity contribution < 1.29 is 4.79 Å². The minimum atomic E-state index is -0.474. The lowest BCUT2D eigenvalue weighted by atomic mass is 10.1. The molecule has 2 aromatic carbocycles. The second-order valence-electron chi connectivity index (χ2n) is 7.51. The Labute approximate surface area is 180 Å². The van der Waals surface area contributed by atoms with Crippen LogP contribution >= 0.6 is 12.2 Å². The van der Waals surface area contributed by atoms with Gasteiger partial charge in [-0.1, -0.05) is 44.2 Å². The van der Waals surface area contributed by atoms with Crippen LogP contribution in [0.4, 0.5) is 5.69 Å². The number of carbonyl (C=O) groups excluding carboxylic acids is 1. The van der Waals surface area contributed by atoms with Crippen molar-refractivity contribution in [2.75, 3.05) is 5.32 Å². The number of aryl methyl sites for hydroxylation is 2. The summed E-state index contributed by atoms with van der Waals surface area (Å²) in [6.07, 6.45) is 0.787. The van der Waals surface area contributed by atoms with Crippen LogP contribution in [0.3, 0.4) is 0 Å². The maximum Gasteiger partial charge on any atom is 0.290 e. The van der Waals surface area contributed by atoms with Crippen molar-refractivity contribution >= 4 is 39.7 Å². The van der Waals surface area contributed by atoms with Gasteiger partial charge < -0.3 is 5.32 Å². The number of benzene rings is 2. The molecular formula is C22H25N5O2S. The molecule has 3 N–H and O–H groups in total. The number of thiocarbonyl (C=S) groups is 1. The Morgan fingerprint density at radius 3 is 2.53 bits per heavy atom. The van der Waals surface area contributed by atoms with Gasteiger partial charge in [-0.2, -0.15) is 5.10 Å². The highest BCUT2D eigenvalue weighted by Crippen LogP contribution is 2.14. The molecule has 156 valence electrons. The maximum atomic E-state index is 12.8. The topological polar surface area (TPSA) is 88.0 Å². The van der Waals surface area contributed by atoms with Crippen LogP contribution < -0.4 is 21.7 Å². The number of hydrogen-bond donors (Lipinski definition) is 3. The zero-order chi connectivity index (χ0) is 21.7. The van der Waals surface area contributed by atoms with Crippen molar-refractivity contribution in [1.29, 1.82) is 0 Å². The van der Waals surface area contributed by atoms with Gasteiger partial charge >= 0.3 is 0 Å². The lowest BCUT2D eigenvalue weighted by molar-refractivity contribution is 0.0938. The van der Waals surface area contributed by atoms with Gasteiger partial charge in [0.15, 0.2) is 10.8 Å². The van der Waals surface area contributed by atoms with Crippen LogP contribution in [0.2, 0.25) is 0 Å². The minimum absolute atomic E-state index is 0.166. The second-order valence-corrected chi connectivity index (χ2v) is 7.92. The predicted molar refractivity (Wildman–Crippen MR) is 123 cm³/mol. The van der Waals surface area contributed by atoms with E-state index in [2.05, 4.69) is 35.1 Å². The van der Waals surface area contributed by atoms with E-state index in [0.717, 1.165) is 17.7 Å². The summed E-state index contributed by atoms with van der Waals surface area (Å²) in [6.45, 7) is 6.58. The van der Waals surface area contributed by atoms with Crippen molar-refractivity contribution in [3.05, 3.63) is 70.1 Å². The number of hydrazine groups is 1. The third-order valence-corrected chi connectivity index (χ3v) is 4.77. The van der Waals surface area contributed by atoms with Gasteiger partial charge in [0.1, 0.15) is 0 Å². The molecule has 0 bridgehead atoms. The van der Waals surface area contributed by atoms with Crippen LogP contribution in [0.15, 0.2) is 53.3 Å². The van der Waals surface area contributed by atoms with E-state index in [1.807, 2.05) is 31.2 Å². The Balaban J connectivity index is 1.79. The molecule has 0 radical (unpaired) electrons. The predicted octanol–water partition coefficient (Wildman–Crippen LogP) is 3.38. The highest BCUT2D eigenvalue weighted by atomic mass is 32.1. The Bertz CT molecular complexity index is 1140.